The number of fused-ring (bicyclic) bond motifs is 1. The first-order valence-electron chi connectivity index (χ1n) is 6.43. The summed E-state index contributed by atoms with van der Waals surface area (Å²) in [5.41, 5.74) is 2.23. The van der Waals surface area contributed by atoms with Crippen molar-refractivity contribution in [3.05, 3.63) is 59.2 Å². The normalized spacial score (nSPS) is 13.2. The van der Waals surface area contributed by atoms with Gasteiger partial charge in [0.05, 0.1) is 19.2 Å². The molecule has 0 saturated heterocycles. The highest BCUT2D eigenvalue weighted by Crippen LogP contribution is 2.33. The molecule has 0 spiro atoms. The van der Waals surface area contributed by atoms with E-state index in [9.17, 15) is 14.7 Å². The molecular formula is C16H13NO4. The summed E-state index contributed by atoms with van der Waals surface area (Å²) >= 11 is 0. The Kier molecular flexibility index (Phi) is 3.10. The van der Waals surface area contributed by atoms with Crippen LogP contribution in [0, 0.1) is 0 Å². The maximum absolute atomic E-state index is 12.3. The number of benzene rings is 2. The molecule has 5 heteroatoms. The largest absolute Gasteiger partial charge is 0.508 e. The van der Waals surface area contributed by atoms with Gasteiger partial charge in [0, 0.05) is 16.8 Å². The lowest BCUT2D eigenvalue weighted by atomic mass is 10.1. The lowest BCUT2D eigenvalue weighted by molar-refractivity contribution is 0.0600. The van der Waals surface area contributed by atoms with Crippen molar-refractivity contribution < 1.29 is 19.4 Å². The molecule has 0 aliphatic carbocycles. The molecule has 1 aliphatic rings. The van der Waals surface area contributed by atoms with Crippen molar-refractivity contribution in [2.24, 2.45) is 0 Å². The van der Waals surface area contributed by atoms with Crippen LogP contribution in [-0.4, -0.2) is 24.1 Å². The Hall–Kier alpha value is -2.82. The van der Waals surface area contributed by atoms with Crippen LogP contribution in [0.25, 0.3) is 0 Å². The number of anilines is 1. The van der Waals surface area contributed by atoms with Crippen molar-refractivity contribution in [1.82, 2.24) is 0 Å². The molecule has 2 aromatic rings. The minimum Gasteiger partial charge on any atom is -0.508 e. The average molecular weight is 283 g/mol. The Balaban J connectivity index is 1.91. The number of carbonyl (C=O) groups is 2. The van der Waals surface area contributed by atoms with Gasteiger partial charge in [-0.15, -0.1) is 0 Å². The van der Waals surface area contributed by atoms with Crippen LogP contribution in [0.2, 0.25) is 0 Å². The minimum atomic E-state index is -0.421. The van der Waals surface area contributed by atoms with E-state index >= 15 is 0 Å². The van der Waals surface area contributed by atoms with Gasteiger partial charge in [0.25, 0.3) is 5.91 Å². The summed E-state index contributed by atoms with van der Waals surface area (Å²) in [6.07, 6.45) is 0. The maximum atomic E-state index is 12.3. The highest BCUT2D eigenvalue weighted by Gasteiger charge is 2.30. The number of esters is 1. The number of amides is 1. The molecule has 1 amide bonds. The third kappa shape index (κ3) is 2.12. The van der Waals surface area contributed by atoms with Crippen LogP contribution < -0.4 is 4.90 Å². The van der Waals surface area contributed by atoms with E-state index in [1.165, 1.54) is 7.11 Å². The highest BCUT2D eigenvalue weighted by atomic mass is 16.5. The third-order valence-corrected chi connectivity index (χ3v) is 3.54. The first-order valence-corrected chi connectivity index (χ1v) is 6.43. The summed E-state index contributed by atoms with van der Waals surface area (Å²) in [6, 6.07) is 11.5. The van der Waals surface area contributed by atoms with E-state index in [-0.39, 0.29) is 11.7 Å². The molecule has 1 N–H and O–H groups in total. The van der Waals surface area contributed by atoms with E-state index in [1.807, 2.05) is 0 Å². The first kappa shape index (κ1) is 13.2. The smallest absolute Gasteiger partial charge is 0.337 e. The van der Waals surface area contributed by atoms with E-state index < -0.39 is 5.97 Å². The Morgan fingerprint density at radius 1 is 1.19 bits per heavy atom. The molecule has 106 valence electrons. The van der Waals surface area contributed by atoms with Gasteiger partial charge in [-0.1, -0.05) is 6.07 Å². The predicted molar refractivity (Wildman–Crippen MR) is 76.4 cm³/mol. The standard InChI is InChI=1S/C16H13NO4/c1-21-16(20)10-5-7-11(8-6-10)17-9-13-12(15(17)19)3-2-4-14(13)18/h2-8,18H,9H2,1H3. The van der Waals surface area contributed by atoms with Crippen molar-refractivity contribution in [2.75, 3.05) is 12.0 Å². The zero-order valence-electron chi connectivity index (χ0n) is 11.4. The monoisotopic (exact) mass is 283 g/mol. The van der Waals surface area contributed by atoms with Crippen molar-refractivity contribution in [2.45, 2.75) is 6.54 Å². The van der Waals surface area contributed by atoms with Crippen LogP contribution in [0.15, 0.2) is 42.5 Å². The van der Waals surface area contributed by atoms with Gasteiger partial charge in [-0.2, -0.15) is 0 Å². The average Bonchev–Trinajstić information content (AvgIpc) is 2.85. The van der Waals surface area contributed by atoms with Crippen molar-refractivity contribution in [1.29, 1.82) is 0 Å². The van der Waals surface area contributed by atoms with E-state index in [0.717, 1.165) is 0 Å². The summed E-state index contributed by atoms with van der Waals surface area (Å²) in [6.45, 7) is 0.318. The molecule has 0 fully saturated rings. The van der Waals surface area contributed by atoms with Gasteiger partial charge in [-0.3, -0.25) is 4.79 Å². The van der Waals surface area contributed by atoms with E-state index in [2.05, 4.69) is 4.74 Å². The number of hydrogen-bond donors (Lipinski definition) is 1. The fourth-order valence-corrected chi connectivity index (χ4v) is 2.42. The Bertz CT molecular complexity index is 722. The van der Waals surface area contributed by atoms with Crippen LogP contribution in [-0.2, 0) is 11.3 Å². The molecule has 1 heterocycles. The zero-order chi connectivity index (χ0) is 15.0. The molecule has 0 saturated carbocycles. The first-order chi connectivity index (χ1) is 10.1. The van der Waals surface area contributed by atoms with Crippen LogP contribution in [0.1, 0.15) is 26.3 Å². The number of nitrogens with zero attached hydrogens (tertiary/aromatic N) is 1. The fraction of sp³-hybridized carbons (Fsp3) is 0.125. The lowest BCUT2D eigenvalue weighted by Crippen LogP contribution is -2.22. The number of hydrogen-bond acceptors (Lipinski definition) is 4. The van der Waals surface area contributed by atoms with Gasteiger partial charge in [-0.25, -0.2) is 4.79 Å². The number of ether oxygens (including phenoxy) is 1. The maximum Gasteiger partial charge on any atom is 0.337 e. The fourth-order valence-electron chi connectivity index (χ4n) is 2.42. The molecule has 1 aliphatic heterocycles. The predicted octanol–water partition coefficient (Wildman–Crippen LogP) is 2.34. The lowest BCUT2D eigenvalue weighted by Gasteiger charge is -2.15. The van der Waals surface area contributed by atoms with Gasteiger partial charge < -0.3 is 14.7 Å². The second kappa shape index (κ2) is 4.94. The highest BCUT2D eigenvalue weighted by molar-refractivity contribution is 6.10. The van der Waals surface area contributed by atoms with Gasteiger partial charge in [0.15, 0.2) is 0 Å². The quantitative estimate of drug-likeness (QED) is 0.859. The molecule has 0 unspecified atom stereocenters. The van der Waals surface area contributed by atoms with Gasteiger partial charge in [-0.05, 0) is 36.4 Å². The zero-order valence-corrected chi connectivity index (χ0v) is 11.4. The molecule has 0 radical (unpaired) electrons. The molecule has 0 atom stereocenters. The number of methoxy groups -OCH3 is 1. The van der Waals surface area contributed by atoms with Crippen molar-refractivity contribution in [3.63, 3.8) is 0 Å². The molecule has 3 rings (SSSR count). The number of carbonyl (C=O) groups excluding carboxylic acids is 2. The van der Waals surface area contributed by atoms with E-state index in [1.54, 1.807) is 47.4 Å². The second-order valence-corrected chi connectivity index (χ2v) is 4.73. The van der Waals surface area contributed by atoms with Gasteiger partial charge in [0.1, 0.15) is 5.75 Å². The van der Waals surface area contributed by atoms with Crippen molar-refractivity contribution >= 4 is 17.6 Å². The SMILES string of the molecule is COC(=O)c1ccc(N2Cc3c(O)cccc3C2=O)cc1. The summed E-state index contributed by atoms with van der Waals surface area (Å²) in [7, 11) is 1.32. The summed E-state index contributed by atoms with van der Waals surface area (Å²) in [4.78, 5) is 25.3. The summed E-state index contributed by atoms with van der Waals surface area (Å²) in [5, 5.41) is 9.82. The topological polar surface area (TPSA) is 66.8 Å². The number of phenols is 1. The van der Waals surface area contributed by atoms with E-state index in [4.69, 9.17) is 0 Å². The van der Waals surface area contributed by atoms with Crippen LogP contribution in [0.5, 0.6) is 5.75 Å². The van der Waals surface area contributed by atoms with Gasteiger partial charge >= 0.3 is 5.97 Å². The minimum absolute atomic E-state index is 0.120. The van der Waals surface area contributed by atoms with Gasteiger partial charge in [0.2, 0.25) is 0 Å². The summed E-state index contributed by atoms with van der Waals surface area (Å²) < 4.78 is 4.64. The molecule has 0 bridgehead atoms. The number of rotatable bonds is 2. The number of aromatic hydroxyl groups is 1. The van der Waals surface area contributed by atoms with Crippen LogP contribution in [0.3, 0.4) is 0 Å². The molecule has 21 heavy (non-hydrogen) atoms. The van der Waals surface area contributed by atoms with E-state index in [0.29, 0.717) is 28.9 Å². The summed E-state index contributed by atoms with van der Waals surface area (Å²) in [5.74, 6) is -0.462. The van der Waals surface area contributed by atoms with Crippen LogP contribution in [0.4, 0.5) is 5.69 Å². The van der Waals surface area contributed by atoms with Crippen molar-refractivity contribution in [3.8, 4) is 5.75 Å². The molecule has 0 aromatic heterocycles. The number of phenolic OH excluding ortho intramolecular Hbond substituents is 1. The Morgan fingerprint density at radius 2 is 1.90 bits per heavy atom. The van der Waals surface area contributed by atoms with Crippen LogP contribution >= 0.6 is 0 Å². The Labute approximate surface area is 121 Å². The third-order valence-electron chi connectivity index (χ3n) is 3.54. The molecule has 5 nitrogen and oxygen atoms in total. The Morgan fingerprint density at radius 3 is 2.52 bits per heavy atom. The molecular weight excluding hydrogens is 270 g/mol. The molecule has 2 aromatic carbocycles. The second-order valence-electron chi connectivity index (χ2n) is 4.73.